The highest BCUT2D eigenvalue weighted by Crippen LogP contribution is 2.29. The SMILES string of the molecule is CCOC(=O)CC1C(C)=CN(C)C1C#N. The van der Waals surface area contributed by atoms with Crippen molar-refractivity contribution in [3.05, 3.63) is 11.8 Å². The lowest BCUT2D eigenvalue weighted by atomic mass is 9.93. The zero-order chi connectivity index (χ0) is 11.4. The number of hydrogen-bond donors (Lipinski definition) is 0. The van der Waals surface area contributed by atoms with Gasteiger partial charge in [-0.3, -0.25) is 4.79 Å². The Kier molecular flexibility index (Phi) is 3.73. The fraction of sp³-hybridized carbons (Fsp3) is 0.636. The number of esters is 1. The minimum absolute atomic E-state index is 0.0287. The summed E-state index contributed by atoms with van der Waals surface area (Å²) >= 11 is 0. The summed E-state index contributed by atoms with van der Waals surface area (Å²) in [5, 5.41) is 8.99. The van der Waals surface area contributed by atoms with Crippen LogP contribution in [0.1, 0.15) is 20.3 Å². The van der Waals surface area contributed by atoms with Crippen molar-refractivity contribution in [1.82, 2.24) is 4.90 Å². The molecule has 15 heavy (non-hydrogen) atoms. The summed E-state index contributed by atoms with van der Waals surface area (Å²) in [4.78, 5) is 13.2. The van der Waals surface area contributed by atoms with Crippen LogP contribution in [0.2, 0.25) is 0 Å². The van der Waals surface area contributed by atoms with Gasteiger partial charge in [0.2, 0.25) is 0 Å². The van der Waals surface area contributed by atoms with Crippen molar-refractivity contribution >= 4 is 5.97 Å². The summed E-state index contributed by atoms with van der Waals surface area (Å²) in [5.41, 5.74) is 1.07. The van der Waals surface area contributed by atoms with Crippen LogP contribution >= 0.6 is 0 Å². The van der Waals surface area contributed by atoms with Crippen LogP contribution in [0.3, 0.4) is 0 Å². The molecule has 4 nitrogen and oxygen atoms in total. The Balaban J connectivity index is 2.65. The van der Waals surface area contributed by atoms with Gasteiger partial charge in [0.1, 0.15) is 6.04 Å². The van der Waals surface area contributed by atoms with Crippen LogP contribution in [0.4, 0.5) is 0 Å². The Labute approximate surface area is 90.1 Å². The van der Waals surface area contributed by atoms with Gasteiger partial charge in [-0.2, -0.15) is 5.26 Å². The fourth-order valence-electron chi connectivity index (χ4n) is 1.88. The molecule has 0 saturated carbocycles. The quantitative estimate of drug-likeness (QED) is 0.656. The molecule has 0 bridgehead atoms. The van der Waals surface area contributed by atoms with E-state index < -0.39 is 0 Å². The smallest absolute Gasteiger partial charge is 0.306 e. The maximum absolute atomic E-state index is 11.3. The molecule has 0 aromatic rings. The minimum Gasteiger partial charge on any atom is -0.466 e. The molecular formula is C11H16N2O2. The predicted octanol–water partition coefficient (Wildman–Crippen LogP) is 1.30. The van der Waals surface area contributed by atoms with Gasteiger partial charge in [-0.25, -0.2) is 0 Å². The monoisotopic (exact) mass is 208 g/mol. The van der Waals surface area contributed by atoms with Crippen molar-refractivity contribution in [2.45, 2.75) is 26.3 Å². The molecule has 1 aliphatic heterocycles. The maximum Gasteiger partial charge on any atom is 0.306 e. The van der Waals surface area contributed by atoms with E-state index in [0.29, 0.717) is 13.0 Å². The van der Waals surface area contributed by atoms with Gasteiger partial charge in [0.15, 0.2) is 0 Å². The van der Waals surface area contributed by atoms with Crippen LogP contribution in [0.25, 0.3) is 0 Å². The van der Waals surface area contributed by atoms with E-state index in [0.717, 1.165) is 5.57 Å². The largest absolute Gasteiger partial charge is 0.466 e. The number of nitrogens with zero attached hydrogens (tertiary/aromatic N) is 2. The van der Waals surface area contributed by atoms with E-state index >= 15 is 0 Å². The molecular weight excluding hydrogens is 192 g/mol. The van der Waals surface area contributed by atoms with E-state index in [1.54, 1.807) is 6.92 Å². The molecule has 2 unspecified atom stereocenters. The summed E-state index contributed by atoms with van der Waals surface area (Å²) in [6, 6.07) is 1.97. The number of carbonyl (C=O) groups excluding carboxylic acids is 1. The van der Waals surface area contributed by atoms with Crippen molar-refractivity contribution in [2.75, 3.05) is 13.7 Å². The van der Waals surface area contributed by atoms with E-state index in [2.05, 4.69) is 6.07 Å². The van der Waals surface area contributed by atoms with E-state index in [1.165, 1.54) is 0 Å². The first-order valence-corrected chi connectivity index (χ1v) is 5.05. The summed E-state index contributed by atoms with van der Waals surface area (Å²) < 4.78 is 4.89. The first-order chi connectivity index (χ1) is 7.10. The van der Waals surface area contributed by atoms with Crippen LogP contribution in [-0.4, -0.2) is 30.6 Å². The molecule has 1 heterocycles. The second-order valence-electron chi connectivity index (χ2n) is 3.73. The summed E-state index contributed by atoms with van der Waals surface area (Å²) in [5.74, 6) is -0.259. The summed E-state index contributed by atoms with van der Waals surface area (Å²) in [7, 11) is 1.85. The summed E-state index contributed by atoms with van der Waals surface area (Å²) in [6.07, 6.45) is 2.20. The molecule has 0 aromatic carbocycles. The Morgan fingerprint density at radius 1 is 1.73 bits per heavy atom. The lowest BCUT2D eigenvalue weighted by Gasteiger charge is -2.19. The van der Waals surface area contributed by atoms with Gasteiger partial charge in [-0.05, 0) is 20.0 Å². The van der Waals surface area contributed by atoms with Gasteiger partial charge in [0, 0.05) is 13.0 Å². The van der Waals surface area contributed by atoms with Crippen molar-refractivity contribution in [3.8, 4) is 6.07 Å². The number of rotatable bonds is 3. The van der Waals surface area contributed by atoms with E-state index in [4.69, 9.17) is 10.00 Å². The molecule has 0 amide bonds. The fourth-order valence-corrected chi connectivity index (χ4v) is 1.88. The van der Waals surface area contributed by atoms with Crippen LogP contribution < -0.4 is 0 Å². The lowest BCUT2D eigenvalue weighted by Crippen LogP contribution is -2.29. The van der Waals surface area contributed by atoms with Gasteiger partial charge in [0.05, 0.1) is 19.1 Å². The van der Waals surface area contributed by atoms with Crippen LogP contribution in [-0.2, 0) is 9.53 Å². The van der Waals surface area contributed by atoms with E-state index in [-0.39, 0.29) is 17.9 Å². The predicted molar refractivity (Wildman–Crippen MR) is 55.7 cm³/mol. The van der Waals surface area contributed by atoms with E-state index in [9.17, 15) is 4.79 Å². The molecule has 0 fully saturated rings. The average molecular weight is 208 g/mol. The Morgan fingerprint density at radius 3 is 2.93 bits per heavy atom. The highest BCUT2D eigenvalue weighted by Gasteiger charge is 2.33. The van der Waals surface area contributed by atoms with Gasteiger partial charge < -0.3 is 9.64 Å². The highest BCUT2D eigenvalue weighted by atomic mass is 16.5. The van der Waals surface area contributed by atoms with Gasteiger partial charge in [-0.1, -0.05) is 5.57 Å². The van der Waals surface area contributed by atoms with Crippen LogP contribution in [0.15, 0.2) is 11.8 Å². The van der Waals surface area contributed by atoms with Crippen molar-refractivity contribution in [2.24, 2.45) is 5.92 Å². The zero-order valence-electron chi connectivity index (χ0n) is 9.36. The number of carbonyl (C=O) groups is 1. The third-order valence-corrected chi connectivity index (χ3v) is 2.64. The molecule has 0 aliphatic carbocycles. The van der Waals surface area contributed by atoms with Gasteiger partial charge in [0.25, 0.3) is 0 Å². The summed E-state index contributed by atoms with van der Waals surface area (Å²) in [6.45, 7) is 4.11. The second-order valence-corrected chi connectivity index (χ2v) is 3.73. The molecule has 1 aliphatic rings. The molecule has 0 N–H and O–H groups in total. The molecule has 0 radical (unpaired) electrons. The molecule has 0 saturated heterocycles. The van der Waals surface area contributed by atoms with Crippen molar-refractivity contribution < 1.29 is 9.53 Å². The molecule has 4 heteroatoms. The third-order valence-electron chi connectivity index (χ3n) is 2.64. The standard InChI is InChI=1S/C11H16N2O2/c1-4-15-11(14)5-9-8(2)7-13(3)10(9)6-12/h7,9-10H,4-5H2,1-3H3. The minimum atomic E-state index is -0.241. The molecule has 1 rings (SSSR count). The number of ether oxygens (including phenoxy) is 1. The lowest BCUT2D eigenvalue weighted by molar-refractivity contribution is -0.144. The third kappa shape index (κ3) is 2.50. The van der Waals surface area contributed by atoms with Crippen LogP contribution in [0.5, 0.6) is 0 Å². The first kappa shape index (κ1) is 11.6. The second kappa shape index (κ2) is 4.83. The zero-order valence-corrected chi connectivity index (χ0v) is 9.36. The van der Waals surface area contributed by atoms with Crippen molar-refractivity contribution in [1.29, 1.82) is 5.26 Å². The van der Waals surface area contributed by atoms with Crippen LogP contribution in [0, 0.1) is 17.2 Å². The Hall–Kier alpha value is -1.50. The van der Waals surface area contributed by atoms with Crippen molar-refractivity contribution in [3.63, 3.8) is 0 Å². The normalized spacial score (nSPS) is 24.7. The first-order valence-electron chi connectivity index (χ1n) is 5.05. The highest BCUT2D eigenvalue weighted by molar-refractivity contribution is 5.70. The van der Waals surface area contributed by atoms with Gasteiger partial charge >= 0.3 is 5.97 Å². The number of hydrogen-bond acceptors (Lipinski definition) is 4. The van der Waals surface area contributed by atoms with E-state index in [1.807, 2.05) is 25.1 Å². The molecule has 0 spiro atoms. The maximum atomic E-state index is 11.3. The molecule has 0 aromatic heterocycles. The average Bonchev–Trinajstić information content (AvgIpc) is 2.42. The molecule has 82 valence electrons. The Morgan fingerprint density at radius 2 is 2.40 bits per heavy atom. The molecule has 2 atom stereocenters. The Bertz CT molecular complexity index is 317. The topological polar surface area (TPSA) is 53.3 Å². The number of nitriles is 1. The van der Waals surface area contributed by atoms with Gasteiger partial charge in [-0.15, -0.1) is 0 Å².